The highest BCUT2D eigenvalue weighted by Crippen LogP contribution is 2.15. The summed E-state index contributed by atoms with van der Waals surface area (Å²) in [7, 11) is 0. The summed E-state index contributed by atoms with van der Waals surface area (Å²) in [5.41, 5.74) is 0. The second-order valence-electron chi connectivity index (χ2n) is 4.67. The van der Waals surface area contributed by atoms with E-state index in [0.29, 0.717) is 18.5 Å². The van der Waals surface area contributed by atoms with Crippen LogP contribution in [-0.2, 0) is 9.53 Å². The van der Waals surface area contributed by atoms with Crippen molar-refractivity contribution in [3.8, 4) is 0 Å². The van der Waals surface area contributed by atoms with Crippen LogP contribution in [-0.4, -0.2) is 37.7 Å². The minimum atomic E-state index is 0.0834. The van der Waals surface area contributed by atoms with Crippen molar-refractivity contribution in [3.05, 3.63) is 0 Å². The van der Waals surface area contributed by atoms with Gasteiger partial charge < -0.3 is 15.4 Å². The Hall–Kier alpha value is -0.610. The Labute approximate surface area is 98.1 Å². The van der Waals surface area contributed by atoms with Gasteiger partial charge in [0.05, 0.1) is 13.2 Å². The fourth-order valence-electron chi connectivity index (χ4n) is 1.80. The van der Waals surface area contributed by atoms with Crippen LogP contribution in [0.4, 0.5) is 0 Å². The molecule has 0 aromatic rings. The Kier molecular flexibility index (Phi) is 5.77. The summed E-state index contributed by atoms with van der Waals surface area (Å²) in [5.74, 6) is 0.636. The number of carbonyl (C=O) groups excluding carboxylic acids is 1. The van der Waals surface area contributed by atoms with Crippen molar-refractivity contribution in [3.63, 3.8) is 0 Å². The summed E-state index contributed by atoms with van der Waals surface area (Å²) in [4.78, 5) is 11.5. The van der Waals surface area contributed by atoms with Gasteiger partial charge in [0.2, 0.25) is 5.91 Å². The normalized spacial score (nSPS) is 24.1. The second-order valence-corrected chi connectivity index (χ2v) is 4.67. The topological polar surface area (TPSA) is 50.4 Å². The van der Waals surface area contributed by atoms with E-state index in [4.69, 9.17) is 4.74 Å². The molecule has 16 heavy (non-hydrogen) atoms. The first-order valence-electron chi connectivity index (χ1n) is 6.24. The Morgan fingerprint density at radius 1 is 1.50 bits per heavy atom. The van der Waals surface area contributed by atoms with Crippen molar-refractivity contribution in [2.45, 2.75) is 45.7 Å². The molecule has 1 fully saturated rings. The van der Waals surface area contributed by atoms with E-state index in [1.165, 1.54) is 0 Å². The third kappa shape index (κ3) is 4.49. The van der Waals surface area contributed by atoms with Crippen LogP contribution in [0.3, 0.4) is 0 Å². The lowest BCUT2D eigenvalue weighted by molar-refractivity contribution is -0.121. The largest absolute Gasteiger partial charge is 0.381 e. The highest BCUT2D eigenvalue weighted by molar-refractivity contribution is 5.78. The summed E-state index contributed by atoms with van der Waals surface area (Å²) >= 11 is 0. The van der Waals surface area contributed by atoms with Crippen molar-refractivity contribution >= 4 is 5.91 Å². The predicted octanol–water partition coefficient (Wildman–Crippen LogP) is 0.916. The van der Waals surface area contributed by atoms with Crippen LogP contribution in [0, 0.1) is 5.92 Å². The van der Waals surface area contributed by atoms with Gasteiger partial charge in [0.25, 0.3) is 0 Å². The minimum Gasteiger partial charge on any atom is -0.381 e. The molecule has 2 N–H and O–H groups in total. The molecule has 94 valence electrons. The van der Waals surface area contributed by atoms with Crippen molar-refractivity contribution in [2.24, 2.45) is 5.92 Å². The number of ether oxygens (including phenoxy) is 1. The average molecular weight is 228 g/mol. The van der Waals surface area contributed by atoms with E-state index >= 15 is 0 Å². The summed E-state index contributed by atoms with van der Waals surface area (Å²) in [6.45, 7) is 8.29. The van der Waals surface area contributed by atoms with Gasteiger partial charge in [0, 0.05) is 18.7 Å². The maximum atomic E-state index is 11.5. The molecule has 3 atom stereocenters. The quantitative estimate of drug-likeness (QED) is 0.710. The van der Waals surface area contributed by atoms with Crippen LogP contribution in [0.5, 0.6) is 0 Å². The van der Waals surface area contributed by atoms with Crippen molar-refractivity contribution in [2.75, 3.05) is 19.8 Å². The predicted molar refractivity (Wildman–Crippen MR) is 64.3 cm³/mol. The zero-order valence-electron chi connectivity index (χ0n) is 10.6. The van der Waals surface area contributed by atoms with E-state index in [2.05, 4.69) is 24.5 Å². The lowest BCUT2D eigenvalue weighted by Crippen LogP contribution is -2.43. The third-order valence-electron chi connectivity index (χ3n) is 3.28. The van der Waals surface area contributed by atoms with Gasteiger partial charge in [-0.2, -0.15) is 0 Å². The highest BCUT2D eigenvalue weighted by atomic mass is 16.5. The minimum absolute atomic E-state index is 0.0834. The smallest absolute Gasteiger partial charge is 0.234 e. The highest BCUT2D eigenvalue weighted by Gasteiger charge is 2.22. The van der Waals surface area contributed by atoms with Crippen molar-refractivity contribution < 1.29 is 9.53 Å². The number of hydrogen-bond acceptors (Lipinski definition) is 3. The van der Waals surface area contributed by atoms with E-state index in [1.54, 1.807) is 0 Å². The maximum absolute atomic E-state index is 11.5. The Balaban J connectivity index is 2.15. The molecule has 1 rings (SSSR count). The molecule has 4 heteroatoms. The van der Waals surface area contributed by atoms with Crippen LogP contribution in [0.15, 0.2) is 0 Å². The lowest BCUT2D eigenvalue weighted by Gasteiger charge is -2.19. The molecule has 0 bridgehead atoms. The monoisotopic (exact) mass is 228 g/mol. The van der Waals surface area contributed by atoms with Crippen LogP contribution in [0.1, 0.15) is 33.6 Å². The van der Waals surface area contributed by atoms with Crippen LogP contribution in [0.25, 0.3) is 0 Å². The Bertz CT molecular complexity index is 215. The van der Waals surface area contributed by atoms with Crippen molar-refractivity contribution in [1.82, 2.24) is 10.6 Å². The molecule has 3 unspecified atom stereocenters. The van der Waals surface area contributed by atoms with Gasteiger partial charge in [0.15, 0.2) is 0 Å². The molecule has 1 heterocycles. The van der Waals surface area contributed by atoms with Gasteiger partial charge in [-0.25, -0.2) is 0 Å². The van der Waals surface area contributed by atoms with E-state index < -0.39 is 0 Å². The molecular formula is C12H24N2O2. The van der Waals surface area contributed by atoms with Gasteiger partial charge in [-0.05, 0) is 32.6 Å². The molecule has 1 aliphatic heterocycles. The summed E-state index contributed by atoms with van der Waals surface area (Å²) in [6.07, 6.45) is 2.07. The number of amides is 1. The van der Waals surface area contributed by atoms with E-state index in [-0.39, 0.29) is 11.9 Å². The molecule has 0 aromatic heterocycles. The number of nitrogens with one attached hydrogen (secondary N) is 2. The third-order valence-corrected chi connectivity index (χ3v) is 3.28. The SMILES string of the molecule is CCC(C)NC(=O)CNC(C)C1CCOC1. The first-order chi connectivity index (χ1) is 7.63. The summed E-state index contributed by atoms with van der Waals surface area (Å²) in [6, 6.07) is 0.615. The van der Waals surface area contributed by atoms with Crippen LogP contribution >= 0.6 is 0 Å². The van der Waals surface area contributed by atoms with Gasteiger partial charge >= 0.3 is 0 Å². The van der Waals surface area contributed by atoms with Crippen LogP contribution in [0.2, 0.25) is 0 Å². The zero-order valence-corrected chi connectivity index (χ0v) is 10.6. The molecule has 1 aliphatic rings. The molecule has 0 aliphatic carbocycles. The van der Waals surface area contributed by atoms with Crippen LogP contribution < -0.4 is 10.6 Å². The maximum Gasteiger partial charge on any atom is 0.234 e. The molecule has 0 spiro atoms. The molecule has 4 nitrogen and oxygen atoms in total. The zero-order chi connectivity index (χ0) is 12.0. The van der Waals surface area contributed by atoms with Crippen molar-refractivity contribution in [1.29, 1.82) is 0 Å². The van der Waals surface area contributed by atoms with E-state index in [9.17, 15) is 4.79 Å². The average Bonchev–Trinajstić information content (AvgIpc) is 2.79. The fraction of sp³-hybridized carbons (Fsp3) is 0.917. The molecule has 0 saturated carbocycles. The summed E-state index contributed by atoms with van der Waals surface area (Å²) < 4.78 is 5.33. The molecule has 0 radical (unpaired) electrons. The van der Waals surface area contributed by atoms with Gasteiger partial charge in [-0.15, -0.1) is 0 Å². The van der Waals surface area contributed by atoms with Gasteiger partial charge in [0.1, 0.15) is 0 Å². The Morgan fingerprint density at radius 2 is 2.25 bits per heavy atom. The first kappa shape index (κ1) is 13.5. The fourth-order valence-corrected chi connectivity index (χ4v) is 1.80. The number of hydrogen-bond donors (Lipinski definition) is 2. The standard InChI is InChI=1S/C12H24N2O2/c1-4-9(2)14-12(15)7-13-10(3)11-5-6-16-8-11/h9-11,13H,4-8H2,1-3H3,(H,14,15). The second kappa shape index (κ2) is 6.86. The van der Waals surface area contributed by atoms with E-state index in [0.717, 1.165) is 26.1 Å². The first-order valence-corrected chi connectivity index (χ1v) is 6.24. The van der Waals surface area contributed by atoms with E-state index in [1.807, 2.05) is 6.92 Å². The van der Waals surface area contributed by atoms with Gasteiger partial charge in [-0.3, -0.25) is 4.79 Å². The Morgan fingerprint density at radius 3 is 2.81 bits per heavy atom. The molecule has 1 amide bonds. The summed E-state index contributed by atoms with van der Waals surface area (Å²) in [5, 5.41) is 6.20. The van der Waals surface area contributed by atoms with Gasteiger partial charge in [-0.1, -0.05) is 6.92 Å². The molecule has 1 saturated heterocycles. The molecule has 0 aromatic carbocycles. The molecular weight excluding hydrogens is 204 g/mol. The number of rotatable bonds is 6. The lowest BCUT2D eigenvalue weighted by atomic mass is 10.0. The number of carbonyl (C=O) groups is 1.